The molecule has 178 valence electrons. The van der Waals surface area contributed by atoms with Crippen LogP contribution in [-0.4, -0.2) is 57.7 Å². The highest BCUT2D eigenvalue weighted by Gasteiger charge is 2.45. The molecule has 0 aliphatic carbocycles. The van der Waals surface area contributed by atoms with E-state index in [2.05, 4.69) is 20.8 Å². The predicted molar refractivity (Wildman–Crippen MR) is 115 cm³/mol. The van der Waals surface area contributed by atoms with Gasteiger partial charge in [-0.1, -0.05) is 46.5 Å². The van der Waals surface area contributed by atoms with Crippen LogP contribution in [0.3, 0.4) is 0 Å². The maximum Gasteiger partial charge on any atom is 0.342 e. The number of hydrogen-bond acceptors (Lipinski definition) is 8. The minimum atomic E-state index is -1.55. The van der Waals surface area contributed by atoms with E-state index in [1.165, 1.54) is 0 Å². The second kappa shape index (κ2) is 12.6. The maximum absolute atomic E-state index is 12.7. The Hall–Kier alpha value is -1.45. The number of aliphatic hydroxyl groups excluding tert-OH is 4. The van der Waals surface area contributed by atoms with Crippen molar-refractivity contribution in [1.29, 1.82) is 0 Å². The molecule has 1 aliphatic rings. The highest BCUT2D eigenvalue weighted by Crippen LogP contribution is 2.27. The van der Waals surface area contributed by atoms with Crippen LogP contribution in [-0.2, 0) is 17.6 Å². The van der Waals surface area contributed by atoms with Gasteiger partial charge in [0.2, 0.25) is 6.29 Å². The lowest BCUT2D eigenvalue weighted by molar-refractivity contribution is -0.277. The largest absolute Gasteiger partial charge is 0.461 e. The van der Waals surface area contributed by atoms with E-state index in [0.29, 0.717) is 30.1 Å². The molecule has 1 saturated heterocycles. The van der Waals surface area contributed by atoms with Gasteiger partial charge in [0.05, 0.1) is 12.2 Å². The Bertz CT molecular complexity index is 714. The average molecular weight is 443 g/mol. The highest BCUT2D eigenvalue weighted by molar-refractivity contribution is 5.32. The Labute approximate surface area is 183 Å². The topological polar surface area (TPSA) is 130 Å². The molecule has 0 saturated carbocycles. The molecule has 0 amide bonds. The van der Waals surface area contributed by atoms with Gasteiger partial charge in [0.1, 0.15) is 35.9 Å². The van der Waals surface area contributed by atoms with Crippen molar-refractivity contribution in [2.75, 3.05) is 6.61 Å². The molecule has 5 atom stereocenters. The lowest BCUT2D eigenvalue weighted by Gasteiger charge is -2.39. The standard InChI is InChI=1S/C23H38O8/c1-4-5-6-7-11-16-17(12-15(29-22(16)28)10-8-9-14(2)3)30-23-21(27)20(26)19(25)18(13-24)31-23/h12,14,18-21,23-27H,4-11,13H2,1-3H3. The van der Waals surface area contributed by atoms with E-state index in [4.69, 9.17) is 13.9 Å². The van der Waals surface area contributed by atoms with E-state index in [1.807, 2.05) is 0 Å². The van der Waals surface area contributed by atoms with Crippen LogP contribution in [0.2, 0.25) is 0 Å². The summed E-state index contributed by atoms with van der Waals surface area (Å²) in [6, 6.07) is 1.65. The number of aryl methyl sites for hydroxylation is 1. The first kappa shape index (κ1) is 25.8. The molecule has 8 heteroatoms. The third-order valence-electron chi connectivity index (χ3n) is 5.64. The second-order valence-corrected chi connectivity index (χ2v) is 8.75. The summed E-state index contributed by atoms with van der Waals surface area (Å²) in [6.07, 6.45) is -0.215. The molecule has 2 rings (SSSR count). The lowest BCUT2D eigenvalue weighted by Crippen LogP contribution is -2.60. The first-order chi connectivity index (χ1) is 14.8. The Morgan fingerprint density at radius 3 is 2.42 bits per heavy atom. The molecule has 2 heterocycles. The Morgan fingerprint density at radius 1 is 1.03 bits per heavy atom. The summed E-state index contributed by atoms with van der Waals surface area (Å²) in [6.45, 7) is 5.81. The van der Waals surface area contributed by atoms with Crippen LogP contribution in [0.25, 0.3) is 0 Å². The van der Waals surface area contributed by atoms with Gasteiger partial charge < -0.3 is 34.3 Å². The highest BCUT2D eigenvalue weighted by atomic mass is 16.7. The summed E-state index contributed by atoms with van der Waals surface area (Å²) >= 11 is 0. The van der Waals surface area contributed by atoms with E-state index >= 15 is 0 Å². The molecule has 0 spiro atoms. The third-order valence-corrected chi connectivity index (χ3v) is 5.64. The van der Waals surface area contributed by atoms with Crippen LogP contribution in [0.15, 0.2) is 15.3 Å². The normalized spacial score (nSPS) is 26.4. The fourth-order valence-corrected chi connectivity index (χ4v) is 3.70. The van der Waals surface area contributed by atoms with Crippen LogP contribution in [0.1, 0.15) is 70.6 Å². The van der Waals surface area contributed by atoms with Crippen molar-refractivity contribution in [2.45, 2.75) is 103 Å². The van der Waals surface area contributed by atoms with Crippen molar-refractivity contribution in [3.8, 4) is 5.75 Å². The van der Waals surface area contributed by atoms with Gasteiger partial charge in [-0.05, 0) is 25.2 Å². The maximum atomic E-state index is 12.7. The van der Waals surface area contributed by atoms with Crippen LogP contribution < -0.4 is 10.4 Å². The van der Waals surface area contributed by atoms with Gasteiger partial charge in [0, 0.05) is 12.5 Å². The third kappa shape index (κ3) is 7.29. The zero-order valence-corrected chi connectivity index (χ0v) is 18.8. The monoisotopic (exact) mass is 442 g/mol. The molecule has 1 aromatic rings. The summed E-state index contributed by atoms with van der Waals surface area (Å²) < 4.78 is 16.8. The molecule has 1 aliphatic heterocycles. The SMILES string of the molecule is CCCCCCc1c(OC2OC(CO)C(O)C(O)C2O)cc(CCCC(C)C)oc1=O. The molecule has 31 heavy (non-hydrogen) atoms. The fourth-order valence-electron chi connectivity index (χ4n) is 3.70. The van der Waals surface area contributed by atoms with Gasteiger partial charge in [-0.2, -0.15) is 0 Å². The van der Waals surface area contributed by atoms with E-state index in [0.717, 1.165) is 38.5 Å². The number of ether oxygens (including phenoxy) is 2. The summed E-state index contributed by atoms with van der Waals surface area (Å²) in [7, 11) is 0. The van der Waals surface area contributed by atoms with Gasteiger partial charge in [0.15, 0.2) is 0 Å². The van der Waals surface area contributed by atoms with E-state index in [1.54, 1.807) is 6.07 Å². The number of aliphatic hydroxyl groups is 4. The van der Waals surface area contributed by atoms with Gasteiger partial charge in [-0.15, -0.1) is 0 Å². The summed E-state index contributed by atoms with van der Waals surface area (Å²) in [5, 5.41) is 39.7. The lowest BCUT2D eigenvalue weighted by atomic mass is 9.99. The minimum Gasteiger partial charge on any atom is -0.461 e. The van der Waals surface area contributed by atoms with E-state index in [9.17, 15) is 25.2 Å². The molecule has 0 aromatic carbocycles. The molecule has 1 aromatic heterocycles. The van der Waals surface area contributed by atoms with E-state index in [-0.39, 0.29) is 5.75 Å². The molecule has 8 nitrogen and oxygen atoms in total. The van der Waals surface area contributed by atoms with Crippen LogP contribution in [0.5, 0.6) is 5.75 Å². The van der Waals surface area contributed by atoms with Crippen molar-refractivity contribution in [1.82, 2.24) is 0 Å². The summed E-state index contributed by atoms with van der Waals surface area (Å²) in [4.78, 5) is 12.7. The Kier molecular flexibility index (Phi) is 10.4. The molecular weight excluding hydrogens is 404 g/mol. The first-order valence-electron chi connectivity index (χ1n) is 11.4. The van der Waals surface area contributed by atoms with Crippen molar-refractivity contribution < 1.29 is 34.3 Å². The minimum absolute atomic E-state index is 0.247. The quantitative estimate of drug-likeness (QED) is 0.361. The fraction of sp³-hybridized carbons (Fsp3) is 0.783. The van der Waals surface area contributed by atoms with Gasteiger partial charge in [-0.25, -0.2) is 4.79 Å². The Morgan fingerprint density at radius 2 is 1.77 bits per heavy atom. The van der Waals surface area contributed by atoms with Gasteiger partial charge in [-0.3, -0.25) is 0 Å². The van der Waals surface area contributed by atoms with Crippen LogP contribution in [0, 0.1) is 5.92 Å². The van der Waals surface area contributed by atoms with E-state index < -0.39 is 42.9 Å². The molecule has 0 bridgehead atoms. The average Bonchev–Trinajstić information content (AvgIpc) is 2.72. The van der Waals surface area contributed by atoms with Crippen molar-refractivity contribution in [2.24, 2.45) is 5.92 Å². The number of unbranched alkanes of at least 4 members (excludes halogenated alkanes) is 3. The van der Waals surface area contributed by atoms with Crippen LogP contribution >= 0.6 is 0 Å². The number of rotatable bonds is 12. The molecular formula is C23H38O8. The molecule has 1 fully saturated rings. The zero-order valence-electron chi connectivity index (χ0n) is 18.8. The molecule has 4 N–H and O–H groups in total. The Balaban J connectivity index is 2.25. The summed E-state index contributed by atoms with van der Waals surface area (Å²) in [5.74, 6) is 1.27. The molecule has 0 radical (unpaired) electrons. The smallest absolute Gasteiger partial charge is 0.342 e. The summed E-state index contributed by atoms with van der Waals surface area (Å²) in [5.41, 5.74) is -0.112. The van der Waals surface area contributed by atoms with Crippen molar-refractivity contribution >= 4 is 0 Å². The second-order valence-electron chi connectivity index (χ2n) is 8.75. The van der Waals surface area contributed by atoms with Gasteiger partial charge >= 0.3 is 5.63 Å². The molecule has 5 unspecified atom stereocenters. The zero-order chi connectivity index (χ0) is 23.0. The van der Waals surface area contributed by atoms with Crippen LogP contribution in [0.4, 0.5) is 0 Å². The van der Waals surface area contributed by atoms with Gasteiger partial charge in [0.25, 0.3) is 0 Å². The number of hydrogen-bond donors (Lipinski definition) is 4. The predicted octanol–water partition coefficient (Wildman–Crippen LogP) is 1.92. The first-order valence-corrected chi connectivity index (χ1v) is 11.4. The van der Waals surface area contributed by atoms with Crippen molar-refractivity contribution in [3.05, 3.63) is 27.8 Å². The van der Waals surface area contributed by atoms with Crippen molar-refractivity contribution in [3.63, 3.8) is 0 Å².